The number of hydrogen-bond acceptors (Lipinski definition) is 6. The van der Waals surface area contributed by atoms with Gasteiger partial charge in [-0.1, -0.05) is 17.7 Å². The van der Waals surface area contributed by atoms with Crippen molar-refractivity contribution >= 4 is 29.1 Å². The highest BCUT2D eigenvalue weighted by Gasteiger charge is 2.23. The highest BCUT2D eigenvalue weighted by molar-refractivity contribution is 6.30. The van der Waals surface area contributed by atoms with Crippen LogP contribution in [0.5, 0.6) is 0 Å². The van der Waals surface area contributed by atoms with Gasteiger partial charge in [0.15, 0.2) is 0 Å². The van der Waals surface area contributed by atoms with Crippen molar-refractivity contribution < 1.29 is 4.79 Å². The lowest BCUT2D eigenvalue weighted by atomic mass is 10.2. The molecule has 1 saturated heterocycles. The Labute approximate surface area is 165 Å². The topological polar surface area (TPSA) is 64.6 Å². The van der Waals surface area contributed by atoms with Crippen molar-refractivity contribution in [2.75, 3.05) is 63.6 Å². The van der Waals surface area contributed by atoms with Gasteiger partial charge in [0.1, 0.15) is 5.69 Å². The third-order valence-electron chi connectivity index (χ3n) is 4.46. The van der Waals surface area contributed by atoms with Crippen LogP contribution in [-0.4, -0.2) is 79.0 Å². The van der Waals surface area contributed by atoms with E-state index in [4.69, 9.17) is 11.6 Å². The summed E-state index contributed by atoms with van der Waals surface area (Å²) in [4.78, 5) is 27.5. The molecule has 0 saturated carbocycles. The number of aromatic nitrogens is 2. The van der Waals surface area contributed by atoms with Gasteiger partial charge in [0.05, 0.1) is 0 Å². The molecule has 1 aliphatic heterocycles. The molecule has 0 atom stereocenters. The Morgan fingerprint density at radius 3 is 2.70 bits per heavy atom. The summed E-state index contributed by atoms with van der Waals surface area (Å²) in [5.41, 5.74) is 1.51. The number of amides is 1. The number of nitrogens with zero attached hydrogens (tertiary/aromatic N) is 5. The summed E-state index contributed by atoms with van der Waals surface area (Å²) >= 11 is 6.08. The molecular weight excluding hydrogens is 364 g/mol. The second-order valence-corrected chi connectivity index (χ2v) is 7.19. The van der Waals surface area contributed by atoms with Crippen LogP contribution in [-0.2, 0) is 0 Å². The summed E-state index contributed by atoms with van der Waals surface area (Å²) in [6.45, 7) is 4.43. The lowest BCUT2D eigenvalue weighted by Crippen LogP contribution is -2.49. The summed E-state index contributed by atoms with van der Waals surface area (Å²) in [7, 11) is 4.01. The van der Waals surface area contributed by atoms with Gasteiger partial charge >= 0.3 is 0 Å². The molecule has 7 nitrogen and oxygen atoms in total. The van der Waals surface area contributed by atoms with Gasteiger partial charge < -0.3 is 20.0 Å². The van der Waals surface area contributed by atoms with E-state index in [2.05, 4.69) is 25.1 Å². The minimum absolute atomic E-state index is 0.0567. The van der Waals surface area contributed by atoms with E-state index < -0.39 is 0 Å². The van der Waals surface area contributed by atoms with E-state index in [0.29, 0.717) is 24.7 Å². The number of rotatable bonds is 6. The Balaban J connectivity index is 1.57. The van der Waals surface area contributed by atoms with Crippen molar-refractivity contribution in [3.8, 4) is 0 Å². The van der Waals surface area contributed by atoms with Crippen molar-refractivity contribution in [2.24, 2.45) is 0 Å². The van der Waals surface area contributed by atoms with E-state index >= 15 is 0 Å². The predicted octanol–water partition coefficient (Wildman–Crippen LogP) is 2.07. The van der Waals surface area contributed by atoms with Gasteiger partial charge in [0.25, 0.3) is 5.91 Å². The molecule has 0 bridgehead atoms. The minimum atomic E-state index is -0.0567. The molecule has 1 aliphatic rings. The average Bonchev–Trinajstić information content (AvgIpc) is 2.67. The van der Waals surface area contributed by atoms with Gasteiger partial charge in [-0.15, -0.1) is 0 Å². The molecule has 1 amide bonds. The molecule has 2 heterocycles. The monoisotopic (exact) mass is 388 g/mol. The fourth-order valence-electron chi connectivity index (χ4n) is 2.96. The molecule has 1 aromatic carbocycles. The van der Waals surface area contributed by atoms with Crippen LogP contribution in [0.2, 0.25) is 5.02 Å². The standard InChI is InChI=1S/C19H25ClN6O/c1-24(2)9-8-22-19-21-7-6-17(23-19)18(27)26-12-10-25(11-13-26)16-5-3-4-15(20)14-16/h3-7,14H,8-13H2,1-2H3,(H,21,22,23). The van der Waals surface area contributed by atoms with Crippen LogP contribution in [0.1, 0.15) is 10.5 Å². The van der Waals surface area contributed by atoms with E-state index in [9.17, 15) is 4.79 Å². The second-order valence-electron chi connectivity index (χ2n) is 6.75. The Kier molecular flexibility index (Phi) is 6.47. The van der Waals surface area contributed by atoms with Crippen molar-refractivity contribution in [3.05, 3.63) is 47.2 Å². The summed E-state index contributed by atoms with van der Waals surface area (Å²) < 4.78 is 0. The summed E-state index contributed by atoms with van der Waals surface area (Å²) in [5, 5.41) is 3.88. The third-order valence-corrected chi connectivity index (χ3v) is 4.69. The molecule has 1 aromatic heterocycles. The van der Waals surface area contributed by atoms with Gasteiger partial charge in [0, 0.05) is 56.2 Å². The number of piperazine rings is 1. The number of nitrogens with one attached hydrogen (secondary N) is 1. The first kappa shape index (κ1) is 19.4. The SMILES string of the molecule is CN(C)CCNc1nccc(C(=O)N2CCN(c3cccc(Cl)c3)CC2)n1. The van der Waals surface area contributed by atoms with Crippen LogP contribution in [0.25, 0.3) is 0 Å². The van der Waals surface area contributed by atoms with E-state index in [1.165, 1.54) is 0 Å². The highest BCUT2D eigenvalue weighted by Crippen LogP contribution is 2.21. The Morgan fingerprint density at radius 2 is 2.00 bits per heavy atom. The van der Waals surface area contributed by atoms with Crippen LogP contribution in [0.3, 0.4) is 0 Å². The molecule has 0 radical (unpaired) electrons. The van der Waals surface area contributed by atoms with Crippen molar-refractivity contribution in [2.45, 2.75) is 0 Å². The molecular formula is C19H25ClN6O. The normalized spacial score (nSPS) is 14.5. The van der Waals surface area contributed by atoms with E-state index in [-0.39, 0.29) is 5.91 Å². The summed E-state index contributed by atoms with van der Waals surface area (Å²) in [5.74, 6) is 0.430. The van der Waals surface area contributed by atoms with Crippen molar-refractivity contribution in [1.82, 2.24) is 19.8 Å². The predicted molar refractivity (Wildman–Crippen MR) is 109 cm³/mol. The van der Waals surface area contributed by atoms with Gasteiger partial charge in [-0.05, 0) is 38.4 Å². The molecule has 0 spiro atoms. The first-order valence-corrected chi connectivity index (χ1v) is 9.42. The number of hydrogen-bond donors (Lipinski definition) is 1. The second kappa shape index (κ2) is 9.01. The quantitative estimate of drug-likeness (QED) is 0.817. The van der Waals surface area contributed by atoms with Crippen LogP contribution >= 0.6 is 11.6 Å². The largest absolute Gasteiger partial charge is 0.368 e. The summed E-state index contributed by atoms with van der Waals surface area (Å²) in [6.07, 6.45) is 1.63. The Morgan fingerprint density at radius 1 is 1.22 bits per heavy atom. The number of carbonyl (C=O) groups excluding carboxylic acids is 1. The molecule has 0 unspecified atom stereocenters. The molecule has 3 rings (SSSR count). The molecule has 1 fully saturated rings. The zero-order valence-corrected chi connectivity index (χ0v) is 16.5. The maximum atomic E-state index is 12.8. The first-order valence-electron chi connectivity index (χ1n) is 9.04. The highest BCUT2D eigenvalue weighted by atomic mass is 35.5. The lowest BCUT2D eigenvalue weighted by molar-refractivity contribution is 0.0741. The Bertz CT molecular complexity index is 776. The zero-order valence-electron chi connectivity index (χ0n) is 15.7. The maximum Gasteiger partial charge on any atom is 0.272 e. The van der Waals surface area contributed by atoms with E-state index in [1.54, 1.807) is 12.3 Å². The molecule has 2 aromatic rings. The molecule has 0 aliphatic carbocycles. The van der Waals surface area contributed by atoms with Crippen molar-refractivity contribution in [3.63, 3.8) is 0 Å². The fourth-order valence-corrected chi connectivity index (χ4v) is 3.14. The van der Waals surface area contributed by atoms with Gasteiger partial charge in [-0.2, -0.15) is 0 Å². The minimum Gasteiger partial charge on any atom is -0.368 e. The van der Waals surface area contributed by atoms with Gasteiger partial charge in [-0.25, -0.2) is 9.97 Å². The molecule has 144 valence electrons. The number of likely N-dealkylation sites (N-methyl/N-ethyl adjacent to an activating group) is 1. The lowest BCUT2D eigenvalue weighted by Gasteiger charge is -2.36. The van der Waals surface area contributed by atoms with Crippen LogP contribution < -0.4 is 10.2 Å². The number of benzene rings is 1. The number of carbonyl (C=O) groups is 1. The third kappa shape index (κ3) is 5.30. The number of halogens is 1. The van der Waals surface area contributed by atoms with Gasteiger partial charge in [0.2, 0.25) is 5.95 Å². The smallest absolute Gasteiger partial charge is 0.272 e. The Hall–Kier alpha value is -2.38. The number of anilines is 2. The average molecular weight is 389 g/mol. The van der Waals surface area contributed by atoms with E-state index in [1.807, 2.05) is 43.3 Å². The molecule has 1 N–H and O–H groups in total. The first-order chi connectivity index (χ1) is 13.0. The van der Waals surface area contributed by atoms with Crippen molar-refractivity contribution in [1.29, 1.82) is 0 Å². The molecule has 8 heteroatoms. The fraction of sp³-hybridized carbons (Fsp3) is 0.421. The molecule has 27 heavy (non-hydrogen) atoms. The van der Waals surface area contributed by atoms with Crippen LogP contribution in [0.15, 0.2) is 36.5 Å². The maximum absolute atomic E-state index is 12.8. The van der Waals surface area contributed by atoms with Crippen LogP contribution in [0, 0.1) is 0 Å². The zero-order chi connectivity index (χ0) is 19.2. The van der Waals surface area contributed by atoms with Crippen LogP contribution in [0.4, 0.5) is 11.6 Å². The van der Waals surface area contributed by atoms with Gasteiger partial charge in [-0.3, -0.25) is 4.79 Å². The summed E-state index contributed by atoms with van der Waals surface area (Å²) in [6, 6.07) is 9.47. The van der Waals surface area contributed by atoms with E-state index in [0.717, 1.165) is 36.9 Å².